The molecule has 0 heterocycles. The van der Waals surface area contributed by atoms with Gasteiger partial charge in [-0.3, -0.25) is 5.43 Å². The monoisotopic (exact) mass is 380 g/mol. The van der Waals surface area contributed by atoms with Crippen LogP contribution in [0.2, 0.25) is 0 Å². The molecule has 6 nitrogen and oxygen atoms in total. The number of nitrogens with one attached hydrogen (secondary N) is 1. The molecule has 0 atom stereocenters. The number of rotatable bonds is 5. The maximum Gasteiger partial charge on any atom is 0.350 e. The van der Waals surface area contributed by atoms with E-state index in [2.05, 4.69) is 0 Å². The summed E-state index contributed by atoms with van der Waals surface area (Å²) >= 11 is 0. The molecule has 28 heavy (non-hydrogen) atoms. The number of nitrogens with two attached hydrogens (primary N) is 2. The zero-order chi connectivity index (χ0) is 20.1. The number of halogens is 1. The first-order valence-electron chi connectivity index (χ1n) is 8.62. The minimum absolute atomic E-state index is 0.209. The third-order valence-electron chi connectivity index (χ3n) is 4.38. The predicted molar refractivity (Wildman–Crippen MR) is 107 cm³/mol. The molecule has 0 saturated heterocycles. The largest absolute Gasteiger partial charge is 0.489 e. The van der Waals surface area contributed by atoms with E-state index in [0.29, 0.717) is 11.4 Å². The van der Waals surface area contributed by atoms with Gasteiger partial charge in [-0.05, 0) is 53.9 Å². The van der Waals surface area contributed by atoms with Crippen LogP contribution in [0.3, 0.4) is 0 Å². The zero-order valence-corrected chi connectivity index (χ0v) is 15.4. The molecule has 144 valence electrons. The topological polar surface area (TPSA) is 93.6 Å². The lowest BCUT2D eigenvalue weighted by molar-refractivity contribution is 0.246. The zero-order valence-electron chi connectivity index (χ0n) is 15.4. The molecule has 0 radical (unpaired) electrons. The standard InChI is InChI=1S/C21H21FN4O2/c1-14-4-2-7-20(26(24)21(27)25-23)19(14)13-28-18-6-3-5-16(12-18)15-8-10-17(22)11-9-15/h2-12H,13,23-24H2,1H3,(H,25,27). The van der Waals surface area contributed by atoms with Crippen molar-refractivity contribution in [2.75, 3.05) is 5.01 Å². The molecule has 0 fully saturated rings. The fourth-order valence-electron chi connectivity index (χ4n) is 2.84. The van der Waals surface area contributed by atoms with Crippen LogP contribution in [0.5, 0.6) is 5.75 Å². The van der Waals surface area contributed by atoms with E-state index in [1.165, 1.54) is 12.1 Å². The van der Waals surface area contributed by atoms with Crippen LogP contribution in [0.25, 0.3) is 11.1 Å². The van der Waals surface area contributed by atoms with Crippen molar-refractivity contribution in [3.05, 3.63) is 83.7 Å². The number of benzene rings is 3. The molecule has 0 aliphatic rings. The highest BCUT2D eigenvalue weighted by Gasteiger charge is 2.16. The normalized spacial score (nSPS) is 10.4. The van der Waals surface area contributed by atoms with Gasteiger partial charge in [0.15, 0.2) is 0 Å². The van der Waals surface area contributed by atoms with Gasteiger partial charge in [0.25, 0.3) is 0 Å². The third kappa shape index (κ3) is 4.28. The van der Waals surface area contributed by atoms with Crippen LogP contribution < -0.4 is 26.9 Å². The summed E-state index contributed by atoms with van der Waals surface area (Å²) in [4.78, 5) is 11.8. The Morgan fingerprint density at radius 1 is 1.07 bits per heavy atom. The highest BCUT2D eigenvalue weighted by Crippen LogP contribution is 2.27. The van der Waals surface area contributed by atoms with E-state index in [-0.39, 0.29) is 12.4 Å². The van der Waals surface area contributed by atoms with Crippen LogP contribution in [0, 0.1) is 12.7 Å². The minimum atomic E-state index is -0.634. The number of ether oxygens (including phenoxy) is 1. The van der Waals surface area contributed by atoms with Crippen LogP contribution in [0.15, 0.2) is 66.7 Å². The first-order chi connectivity index (χ1) is 13.5. The van der Waals surface area contributed by atoms with Crippen LogP contribution in [-0.2, 0) is 6.61 Å². The number of aryl methyl sites for hydroxylation is 1. The van der Waals surface area contributed by atoms with Crippen LogP contribution >= 0.6 is 0 Å². The number of carbonyl (C=O) groups is 1. The number of carbonyl (C=O) groups excluding carboxylic acids is 1. The Labute approximate surface area is 162 Å². The molecule has 0 spiro atoms. The Balaban J connectivity index is 1.82. The smallest absolute Gasteiger partial charge is 0.350 e. The van der Waals surface area contributed by atoms with Crippen molar-refractivity contribution in [1.29, 1.82) is 0 Å². The van der Waals surface area contributed by atoms with Gasteiger partial charge in [0, 0.05) is 5.56 Å². The SMILES string of the molecule is Cc1cccc(N(N)C(=O)NN)c1COc1cccc(-c2ccc(F)cc2)c1. The number of urea groups is 1. The lowest BCUT2D eigenvalue weighted by atomic mass is 10.1. The van der Waals surface area contributed by atoms with Gasteiger partial charge >= 0.3 is 6.03 Å². The number of nitrogens with zero attached hydrogens (tertiary/aromatic N) is 1. The molecule has 2 amide bonds. The number of hydrogen-bond donors (Lipinski definition) is 3. The number of anilines is 1. The van der Waals surface area contributed by atoms with E-state index in [1.54, 1.807) is 24.3 Å². The van der Waals surface area contributed by atoms with Gasteiger partial charge in [0.05, 0.1) is 5.69 Å². The van der Waals surface area contributed by atoms with Crippen LogP contribution in [0.1, 0.15) is 11.1 Å². The van der Waals surface area contributed by atoms with Crippen molar-refractivity contribution in [3.8, 4) is 16.9 Å². The summed E-state index contributed by atoms with van der Waals surface area (Å²) in [5, 5.41) is 0.945. The summed E-state index contributed by atoms with van der Waals surface area (Å²) in [6.45, 7) is 2.12. The average Bonchev–Trinajstić information content (AvgIpc) is 2.72. The molecule has 7 heteroatoms. The maximum atomic E-state index is 13.1. The molecule has 3 aromatic rings. The number of hydrazine groups is 2. The minimum Gasteiger partial charge on any atom is -0.489 e. The number of amides is 2. The predicted octanol–water partition coefficient (Wildman–Crippen LogP) is 3.64. The number of hydrogen-bond acceptors (Lipinski definition) is 4. The summed E-state index contributed by atoms with van der Waals surface area (Å²) in [5.41, 5.74) is 5.99. The second kappa shape index (κ2) is 8.51. The fourth-order valence-corrected chi connectivity index (χ4v) is 2.84. The van der Waals surface area contributed by atoms with Crippen molar-refractivity contribution < 1.29 is 13.9 Å². The quantitative estimate of drug-likeness (QED) is 0.358. The molecule has 0 aliphatic heterocycles. The van der Waals surface area contributed by atoms with Crippen molar-refractivity contribution in [2.24, 2.45) is 11.7 Å². The van der Waals surface area contributed by atoms with Crippen molar-refractivity contribution in [1.82, 2.24) is 5.43 Å². The second-order valence-electron chi connectivity index (χ2n) is 6.22. The molecular formula is C21H21FN4O2. The Morgan fingerprint density at radius 2 is 1.79 bits per heavy atom. The van der Waals surface area contributed by atoms with Gasteiger partial charge in [-0.25, -0.2) is 25.9 Å². The van der Waals surface area contributed by atoms with E-state index >= 15 is 0 Å². The van der Waals surface area contributed by atoms with Crippen molar-refractivity contribution in [3.63, 3.8) is 0 Å². The highest BCUT2D eigenvalue weighted by atomic mass is 19.1. The lowest BCUT2D eigenvalue weighted by Crippen LogP contribution is -2.48. The Bertz CT molecular complexity index is 976. The summed E-state index contributed by atoms with van der Waals surface area (Å²) in [7, 11) is 0. The summed E-state index contributed by atoms with van der Waals surface area (Å²) in [5.74, 6) is 11.4. The molecule has 0 bridgehead atoms. The van der Waals surface area contributed by atoms with Crippen LogP contribution in [0.4, 0.5) is 14.9 Å². The van der Waals surface area contributed by atoms with E-state index in [1.807, 2.05) is 42.7 Å². The van der Waals surface area contributed by atoms with Gasteiger partial charge in [-0.15, -0.1) is 0 Å². The Kier molecular flexibility index (Phi) is 5.88. The van der Waals surface area contributed by atoms with Gasteiger partial charge in [-0.1, -0.05) is 36.4 Å². The molecule has 0 saturated carbocycles. The van der Waals surface area contributed by atoms with Gasteiger partial charge in [0.1, 0.15) is 18.2 Å². The van der Waals surface area contributed by atoms with E-state index in [9.17, 15) is 9.18 Å². The van der Waals surface area contributed by atoms with Crippen molar-refractivity contribution in [2.45, 2.75) is 13.5 Å². The van der Waals surface area contributed by atoms with E-state index < -0.39 is 6.03 Å². The first kappa shape index (κ1) is 19.3. The average molecular weight is 380 g/mol. The Hall–Kier alpha value is -3.42. The van der Waals surface area contributed by atoms with Crippen molar-refractivity contribution >= 4 is 11.7 Å². The summed E-state index contributed by atoms with van der Waals surface area (Å²) in [6, 6.07) is 18.5. The van der Waals surface area contributed by atoms with E-state index in [0.717, 1.165) is 27.3 Å². The highest BCUT2D eigenvalue weighted by molar-refractivity contribution is 5.91. The van der Waals surface area contributed by atoms with Gasteiger partial charge < -0.3 is 4.74 Å². The molecule has 3 aromatic carbocycles. The van der Waals surface area contributed by atoms with Crippen LogP contribution in [-0.4, -0.2) is 6.03 Å². The molecular weight excluding hydrogens is 359 g/mol. The summed E-state index contributed by atoms with van der Waals surface area (Å²) in [6.07, 6.45) is 0. The van der Waals surface area contributed by atoms with Gasteiger partial charge in [0.2, 0.25) is 0 Å². The maximum absolute atomic E-state index is 13.1. The van der Waals surface area contributed by atoms with Gasteiger partial charge in [-0.2, -0.15) is 0 Å². The molecule has 3 rings (SSSR count). The summed E-state index contributed by atoms with van der Waals surface area (Å²) < 4.78 is 19.1. The molecule has 0 unspecified atom stereocenters. The molecule has 0 aromatic heterocycles. The lowest BCUT2D eigenvalue weighted by Gasteiger charge is -2.21. The second-order valence-corrected chi connectivity index (χ2v) is 6.22. The fraction of sp³-hybridized carbons (Fsp3) is 0.0952. The Morgan fingerprint density at radius 3 is 2.50 bits per heavy atom. The van der Waals surface area contributed by atoms with E-state index in [4.69, 9.17) is 16.4 Å². The third-order valence-corrected chi connectivity index (χ3v) is 4.38. The molecule has 5 N–H and O–H groups in total. The molecule has 0 aliphatic carbocycles. The first-order valence-corrected chi connectivity index (χ1v) is 8.62.